The molecular formula is C30H28F4N6O3. The molecule has 0 saturated heterocycles. The molecule has 13 heteroatoms. The second-order valence-corrected chi connectivity index (χ2v) is 10.5. The maximum absolute atomic E-state index is 15.1. The number of alkyl halides is 3. The number of halogens is 4. The zero-order chi connectivity index (χ0) is 30.8. The van der Waals surface area contributed by atoms with E-state index < -0.39 is 40.9 Å². The molecule has 2 heterocycles. The summed E-state index contributed by atoms with van der Waals surface area (Å²) in [6, 6.07) is 14.0. The molecule has 1 fully saturated rings. The summed E-state index contributed by atoms with van der Waals surface area (Å²) in [5, 5.41) is 17.0. The zero-order valence-electron chi connectivity index (χ0n) is 22.7. The number of nitrogens with zero attached hydrogens (tertiary/aromatic N) is 3. The SMILES string of the molecule is NC(CCC1CC1)(c1cccnc1)c1ccc(F)c(NC(=O)c2cc(C(F)(F)F)nn2-c2cccc(CNC(=O)O)c2)c1. The number of carbonyl (C=O) groups excluding carboxylic acids is 1. The van der Waals surface area contributed by atoms with Crippen LogP contribution in [0.4, 0.5) is 28.0 Å². The molecule has 2 amide bonds. The number of pyridine rings is 1. The number of amides is 2. The van der Waals surface area contributed by atoms with Crippen molar-refractivity contribution in [2.75, 3.05) is 5.32 Å². The van der Waals surface area contributed by atoms with Crippen LogP contribution in [-0.2, 0) is 18.3 Å². The third-order valence-corrected chi connectivity index (χ3v) is 7.38. The van der Waals surface area contributed by atoms with E-state index in [1.54, 1.807) is 24.5 Å². The summed E-state index contributed by atoms with van der Waals surface area (Å²) in [7, 11) is 0. The lowest BCUT2D eigenvalue weighted by molar-refractivity contribution is -0.141. The molecule has 5 rings (SSSR count). The maximum Gasteiger partial charge on any atom is 0.435 e. The molecule has 1 atom stereocenters. The number of nitrogens with two attached hydrogens (primary N) is 1. The predicted octanol–water partition coefficient (Wildman–Crippen LogP) is 5.84. The first-order valence-corrected chi connectivity index (χ1v) is 13.5. The van der Waals surface area contributed by atoms with Gasteiger partial charge in [-0.05, 0) is 65.8 Å². The van der Waals surface area contributed by atoms with Crippen molar-refractivity contribution >= 4 is 17.7 Å². The summed E-state index contributed by atoms with van der Waals surface area (Å²) >= 11 is 0. The largest absolute Gasteiger partial charge is 0.465 e. The molecule has 0 aliphatic heterocycles. The Balaban J connectivity index is 1.49. The predicted molar refractivity (Wildman–Crippen MR) is 149 cm³/mol. The van der Waals surface area contributed by atoms with Gasteiger partial charge in [0, 0.05) is 25.0 Å². The topological polar surface area (TPSA) is 135 Å². The van der Waals surface area contributed by atoms with Crippen molar-refractivity contribution in [3.05, 3.63) is 107 Å². The van der Waals surface area contributed by atoms with Crippen LogP contribution in [0.2, 0.25) is 0 Å². The molecule has 0 radical (unpaired) electrons. The molecule has 9 nitrogen and oxygen atoms in total. The van der Waals surface area contributed by atoms with Gasteiger partial charge in [-0.3, -0.25) is 9.78 Å². The van der Waals surface area contributed by atoms with Crippen LogP contribution in [0, 0.1) is 11.7 Å². The van der Waals surface area contributed by atoms with E-state index in [9.17, 15) is 22.8 Å². The van der Waals surface area contributed by atoms with Crippen molar-refractivity contribution in [3.63, 3.8) is 0 Å². The first kappa shape index (κ1) is 29.7. The van der Waals surface area contributed by atoms with E-state index in [1.165, 1.54) is 30.3 Å². The van der Waals surface area contributed by atoms with Crippen LogP contribution in [0.1, 0.15) is 58.6 Å². The van der Waals surface area contributed by atoms with Gasteiger partial charge in [-0.2, -0.15) is 18.3 Å². The molecule has 1 unspecified atom stereocenters. The Labute approximate surface area is 243 Å². The first-order chi connectivity index (χ1) is 20.4. The fourth-order valence-electron chi connectivity index (χ4n) is 4.86. The summed E-state index contributed by atoms with van der Waals surface area (Å²) in [6.07, 6.45) is 0.677. The molecule has 43 heavy (non-hydrogen) atoms. The van der Waals surface area contributed by atoms with E-state index in [4.69, 9.17) is 10.8 Å². The molecule has 0 bridgehead atoms. The van der Waals surface area contributed by atoms with Gasteiger partial charge in [0.05, 0.1) is 16.9 Å². The molecule has 0 spiro atoms. The lowest BCUT2D eigenvalue weighted by Gasteiger charge is -2.31. The van der Waals surface area contributed by atoms with Crippen LogP contribution in [0.25, 0.3) is 5.69 Å². The van der Waals surface area contributed by atoms with Gasteiger partial charge in [-0.15, -0.1) is 0 Å². The summed E-state index contributed by atoms with van der Waals surface area (Å²) in [5.41, 5.74) is 5.43. The Kier molecular flexibility index (Phi) is 8.18. The fraction of sp³-hybridized carbons (Fsp3) is 0.267. The Bertz CT molecular complexity index is 1640. The average Bonchev–Trinajstić information content (AvgIpc) is 3.70. The molecule has 4 aromatic rings. The highest BCUT2D eigenvalue weighted by atomic mass is 19.4. The number of carboxylic acid groups (broad SMARTS) is 1. The van der Waals surface area contributed by atoms with Crippen molar-refractivity contribution in [1.82, 2.24) is 20.1 Å². The van der Waals surface area contributed by atoms with Crippen LogP contribution in [0.5, 0.6) is 0 Å². The Morgan fingerprint density at radius 3 is 2.51 bits per heavy atom. The standard InChI is InChI=1S/C30H28F4N6O3/c31-23-9-8-20(29(35,11-10-18-6-7-18)21-4-2-12-36-17-21)14-24(23)38-27(41)25-15-26(30(32,33)34)39-40(25)22-5-1-3-19(13-22)16-37-28(42)43/h1-5,8-9,12-15,17-18,37H,6-7,10-11,16,35H2,(H,38,41)(H,42,43). The molecule has 1 saturated carbocycles. The minimum Gasteiger partial charge on any atom is -0.465 e. The molecule has 2 aromatic heterocycles. The summed E-state index contributed by atoms with van der Waals surface area (Å²) < 4.78 is 56.8. The molecule has 224 valence electrons. The number of carbonyl (C=O) groups is 2. The van der Waals surface area contributed by atoms with Crippen LogP contribution >= 0.6 is 0 Å². The lowest BCUT2D eigenvalue weighted by atomic mass is 9.80. The van der Waals surface area contributed by atoms with E-state index in [-0.39, 0.29) is 17.9 Å². The molecular weight excluding hydrogens is 568 g/mol. The first-order valence-electron chi connectivity index (χ1n) is 13.5. The van der Waals surface area contributed by atoms with Crippen LogP contribution < -0.4 is 16.4 Å². The highest BCUT2D eigenvalue weighted by Crippen LogP contribution is 2.40. The normalized spacial score (nSPS) is 14.6. The molecule has 1 aliphatic rings. The van der Waals surface area contributed by atoms with Crippen molar-refractivity contribution in [2.24, 2.45) is 11.7 Å². The third-order valence-electron chi connectivity index (χ3n) is 7.38. The average molecular weight is 597 g/mol. The fourth-order valence-corrected chi connectivity index (χ4v) is 4.86. The summed E-state index contributed by atoms with van der Waals surface area (Å²) in [6.45, 7) is -0.130. The number of rotatable bonds is 10. The molecule has 5 N–H and O–H groups in total. The van der Waals surface area contributed by atoms with Crippen molar-refractivity contribution in [1.29, 1.82) is 0 Å². The van der Waals surface area contributed by atoms with E-state index >= 15 is 4.39 Å². The number of hydrogen-bond acceptors (Lipinski definition) is 5. The van der Waals surface area contributed by atoms with Gasteiger partial charge in [-0.25, -0.2) is 13.9 Å². The van der Waals surface area contributed by atoms with Gasteiger partial charge in [0.25, 0.3) is 5.91 Å². The van der Waals surface area contributed by atoms with E-state index in [2.05, 4.69) is 20.7 Å². The summed E-state index contributed by atoms with van der Waals surface area (Å²) in [4.78, 5) is 28.5. The number of benzene rings is 2. The number of anilines is 1. The monoisotopic (exact) mass is 596 g/mol. The minimum atomic E-state index is -4.88. The summed E-state index contributed by atoms with van der Waals surface area (Å²) in [5.74, 6) is -1.30. The Morgan fingerprint density at radius 2 is 1.84 bits per heavy atom. The van der Waals surface area contributed by atoms with E-state index in [0.717, 1.165) is 30.0 Å². The highest BCUT2D eigenvalue weighted by molar-refractivity contribution is 6.03. The van der Waals surface area contributed by atoms with E-state index in [1.807, 2.05) is 6.07 Å². The lowest BCUT2D eigenvalue weighted by Crippen LogP contribution is -2.38. The van der Waals surface area contributed by atoms with Crippen LogP contribution in [0.15, 0.2) is 73.1 Å². The third kappa shape index (κ3) is 6.83. The van der Waals surface area contributed by atoms with Gasteiger partial charge in [0.1, 0.15) is 11.5 Å². The van der Waals surface area contributed by atoms with Gasteiger partial charge < -0.3 is 21.5 Å². The quantitative estimate of drug-likeness (QED) is 0.170. The number of nitrogens with one attached hydrogen (secondary N) is 2. The second-order valence-electron chi connectivity index (χ2n) is 10.5. The van der Waals surface area contributed by atoms with E-state index in [0.29, 0.717) is 35.1 Å². The molecule has 1 aliphatic carbocycles. The van der Waals surface area contributed by atoms with Gasteiger partial charge in [0.2, 0.25) is 0 Å². The van der Waals surface area contributed by atoms with Crippen molar-refractivity contribution in [3.8, 4) is 5.69 Å². The number of aromatic nitrogens is 3. The van der Waals surface area contributed by atoms with Crippen molar-refractivity contribution in [2.45, 2.75) is 43.9 Å². The minimum absolute atomic E-state index is 0.0668. The Morgan fingerprint density at radius 1 is 1.05 bits per heavy atom. The van der Waals surface area contributed by atoms with Crippen molar-refractivity contribution < 1.29 is 32.3 Å². The van der Waals surface area contributed by atoms with Gasteiger partial charge >= 0.3 is 12.3 Å². The maximum atomic E-state index is 15.1. The zero-order valence-corrected chi connectivity index (χ0v) is 22.7. The van der Waals surface area contributed by atoms with Crippen LogP contribution in [-0.4, -0.2) is 31.9 Å². The van der Waals surface area contributed by atoms with Crippen LogP contribution in [0.3, 0.4) is 0 Å². The van der Waals surface area contributed by atoms with Gasteiger partial charge in [0.15, 0.2) is 5.69 Å². The highest BCUT2D eigenvalue weighted by Gasteiger charge is 2.37. The smallest absolute Gasteiger partial charge is 0.435 e. The number of hydrogen-bond donors (Lipinski definition) is 4. The van der Waals surface area contributed by atoms with Gasteiger partial charge in [-0.1, -0.05) is 37.1 Å². The second kappa shape index (κ2) is 11.8. The molecule has 2 aromatic carbocycles. The Hall–Kier alpha value is -4.78.